The summed E-state index contributed by atoms with van der Waals surface area (Å²) in [5, 5.41) is 3.32. The number of carbonyl (C=O) groups excluding carboxylic acids is 1. The van der Waals surface area contributed by atoms with E-state index in [1.54, 1.807) is 12.1 Å². The molecule has 4 bridgehead atoms. The molecule has 148 valence electrons. The molecular weight excluding hydrogens is 364 g/mol. The summed E-state index contributed by atoms with van der Waals surface area (Å²) < 4.78 is 31.8. The lowest BCUT2D eigenvalue weighted by molar-refractivity contribution is -0.0167. The summed E-state index contributed by atoms with van der Waals surface area (Å²) >= 11 is 0. The Kier molecular flexibility index (Phi) is 5.03. The number of benzene rings is 1. The third-order valence-electron chi connectivity index (χ3n) is 6.44. The van der Waals surface area contributed by atoms with E-state index in [0.717, 1.165) is 37.0 Å². The van der Waals surface area contributed by atoms with Gasteiger partial charge in [-0.15, -0.1) is 0 Å². The third kappa shape index (κ3) is 3.91. The molecule has 0 atom stereocenters. The molecule has 2 N–H and O–H groups in total. The standard InChI is InChI=1S/C20H28N2O4S/c1-26-7-6-21-27(24,25)18-4-2-17(3-5-18)19(23)22-20-11-14-8-15(12-20)10-16(9-14)13-20/h2-5,14-16,21H,6-13H2,1H3,(H,22,23). The molecule has 6 nitrogen and oxygen atoms in total. The predicted molar refractivity (Wildman–Crippen MR) is 102 cm³/mol. The zero-order chi connectivity index (χ0) is 19.1. The van der Waals surface area contributed by atoms with Crippen LogP contribution in [0.25, 0.3) is 0 Å². The Morgan fingerprint density at radius 3 is 2.15 bits per heavy atom. The van der Waals surface area contributed by atoms with Crippen molar-refractivity contribution in [1.29, 1.82) is 0 Å². The number of ether oxygens (including phenoxy) is 1. The molecule has 1 aromatic carbocycles. The largest absolute Gasteiger partial charge is 0.383 e. The highest BCUT2D eigenvalue weighted by molar-refractivity contribution is 7.89. The van der Waals surface area contributed by atoms with Gasteiger partial charge in [0.1, 0.15) is 0 Å². The summed E-state index contributed by atoms with van der Waals surface area (Å²) in [7, 11) is -2.06. The minimum Gasteiger partial charge on any atom is -0.383 e. The first kappa shape index (κ1) is 18.9. The van der Waals surface area contributed by atoms with Crippen LogP contribution in [-0.2, 0) is 14.8 Å². The van der Waals surface area contributed by atoms with E-state index in [4.69, 9.17) is 4.74 Å². The van der Waals surface area contributed by atoms with Crippen molar-refractivity contribution in [2.45, 2.75) is 49.0 Å². The summed E-state index contributed by atoms with van der Waals surface area (Å²) in [6, 6.07) is 6.18. The van der Waals surface area contributed by atoms with E-state index in [1.807, 2.05) is 0 Å². The lowest BCUT2D eigenvalue weighted by Crippen LogP contribution is -2.59. The fraction of sp³-hybridized carbons (Fsp3) is 0.650. The lowest BCUT2D eigenvalue weighted by atomic mass is 9.53. The topological polar surface area (TPSA) is 84.5 Å². The number of carbonyl (C=O) groups is 1. The number of hydrogen-bond donors (Lipinski definition) is 2. The van der Waals surface area contributed by atoms with Gasteiger partial charge < -0.3 is 10.1 Å². The number of amides is 1. The van der Waals surface area contributed by atoms with Crippen molar-refractivity contribution in [2.75, 3.05) is 20.3 Å². The van der Waals surface area contributed by atoms with Crippen LogP contribution in [0.1, 0.15) is 48.9 Å². The van der Waals surface area contributed by atoms with Gasteiger partial charge >= 0.3 is 0 Å². The Bertz CT molecular complexity index is 768. The van der Waals surface area contributed by atoms with Crippen LogP contribution in [0.2, 0.25) is 0 Å². The average Bonchev–Trinajstić information content (AvgIpc) is 2.60. The molecule has 1 aromatic rings. The highest BCUT2D eigenvalue weighted by Crippen LogP contribution is 2.55. The monoisotopic (exact) mass is 392 g/mol. The molecule has 1 amide bonds. The van der Waals surface area contributed by atoms with Crippen molar-refractivity contribution in [1.82, 2.24) is 10.0 Å². The smallest absolute Gasteiger partial charge is 0.251 e. The Hall–Kier alpha value is -1.44. The molecule has 4 fully saturated rings. The fourth-order valence-electron chi connectivity index (χ4n) is 5.72. The summed E-state index contributed by atoms with van der Waals surface area (Å²) in [6.45, 7) is 0.526. The minimum absolute atomic E-state index is 0.0434. The van der Waals surface area contributed by atoms with E-state index in [0.29, 0.717) is 12.2 Å². The Morgan fingerprint density at radius 2 is 1.63 bits per heavy atom. The molecule has 0 heterocycles. The molecule has 4 aliphatic carbocycles. The first-order chi connectivity index (χ1) is 12.9. The lowest BCUT2D eigenvalue weighted by Gasteiger charge is -2.56. The molecule has 0 unspecified atom stereocenters. The number of rotatable bonds is 7. The van der Waals surface area contributed by atoms with E-state index >= 15 is 0 Å². The summed E-state index contributed by atoms with van der Waals surface area (Å²) in [4.78, 5) is 13.0. The van der Waals surface area contributed by atoms with Crippen LogP contribution in [0.4, 0.5) is 0 Å². The maximum absolute atomic E-state index is 12.8. The first-order valence-corrected chi connectivity index (χ1v) is 11.3. The van der Waals surface area contributed by atoms with Gasteiger partial charge in [0.25, 0.3) is 5.91 Å². The van der Waals surface area contributed by atoms with Crippen LogP contribution >= 0.6 is 0 Å². The van der Waals surface area contributed by atoms with Crippen molar-refractivity contribution in [2.24, 2.45) is 17.8 Å². The second-order valence-corrected chi connectivity index (χ2v) is 10.3. The van der Waals surface area contributed by atoms with Gasteiger partial charge in [-0.1, -0.05) is 0 Å². The molecule has 0 radical (unpaired) electrons. The van der Waals surface area contributed by atoms with Gasteiger partial charge in [0.15, 0.2) is 0 Å². The fourth-order valence-corrected chi connectivity index (χ4v) is 6.74. The number of nitrogens with one attached hydrogen (secondary N) is 2. The first-order valence-electron chi connectivity index (χ1n) is 9.80. The molecule has 7 heteroatoms. The van der Waals surface area contributed by atoms with Crippen LogP contribution in [0, 0.1) is 17.8 Å². The zero-order valence-corrected chi connectivity index (χ0v) is 16.6. The van der Waals surface area contributed by atoms with Crippen LogP contribution in [-0.4, -0.2) is 40.1 Å². The molecule has 4 aliphatic rings. The van der Waals surface area contributed by atoms with E-state index in [2.05, 4.69) is 10.0 Å². The summed E-state index contributed by atoms with van der Waals surface area (Å²) in [6.07, 6.45) is 7.29. The SMILES string of the molecule is COCCNS(=O)(=O)c1ccc(C(=O)NC23CC4CC(CC(C4)C2)C3)cc1. The Balaban J connectivity index is 1.43. The minimum atomic E-state index is -3.58. The Morgan fingerprint density at radius 1 is 1.07 bits per heavy atom. The van der Waals surface area contributed by atoms with Crippen LogP contribution in [0.3, 0.4) is 0 Å². The van der Waals surface area contributed by atoms with Gasteiger partial charge in [0.05, 0.1) is 11.5 Å². The maximum Gasteiger partial charge on any atom is 0.251 e. The molecule has 27 heavy (non-hydrogen) atoms. The maximum atomic E-state index is 12.8. The number of sulfonamides is 1. The molecule has 0 saturated heterocycles. The van der Waals surface area contributed by atoms with Crippen molar-refractivity contribution in [3.05, 3.63) is 29.8 Å². The van der Waals surface area contributed by atoms with Crippen molar-refractivity contribution in [3.8, 4) is 0 Å². The van der Waals surface area contributed by atoms with Crippen LogP contribution in [0.5, 0.6) is 0 Å². The van der Waals surface area contributed by atoms with Crippen molar-refractivity contribution in [3.63, 3.8) is 0 Å². The highest BCUT2D eigenvalue weighted by Gasteiger charge is 2.51. The molecule has 5 rings (SSSR count). The molecule has 0 aromatic heterocycles. The number of methoxy groups -OCH3 is 1. The average molecular weight is 393 g/mol. The van der Waals surface area contributed by atoms with E-state index in [9.17, 15) is 13.2 Å². The molecule has 0 aliphatic heterocycles. The quantitative estimate of drug-likeness (QED) is 0.698. The van der Waals surface area contributed by atoms with Gasteiger partial charge in [0.2, 0.25) is 10.0 Å². The number of hydrogen-bond acceptors (Lipinski definition) is 4. The van der Waals surface area contributed by atoms with Crippen LogP contribution < -0.4 is 10.0 Å². The van der Waals surface area contributed by atoms with Crippen molar-refractivity contribution < 1.29 is 17.9 Å². The second kappa shape index (κ2) is 7.18. The van der Waals surface area contributed by atoms with Crippen molar-refractivity contribution >= 4 is 15.9 Å². The third-order valence-corrected chi connectivity index (χ3v) is 7.92. The molecule has 4 saturated carbocycles. The van der Waals surface area contributed by atoms with Gasteiger partial charge in [-0.3, -0.25) is 4.79 Å². The molecular formula is C20H28N2O4S. The van der Waals surface area contributed by atoms with Crippen LogP contribution in [0.15, 0.2) is 29.2 Å². The highest BCUT2D eigenvalue weighted by atomic mass is 32.2. The Labute approximate surface area is 161 Å². The van der Waals surface area contributed by atoms with Gasteiger partial charge in [-0.2, -0.15) is 0 Å². The summed E-state index contributed by atoms with van der Waals surface area (Å²) in [5.41, 5.74) is 0.472. The zero-order valence-electron chi connectivity index (χ0n) is 15.7. The van der Waals surface area contributed by atoms with E-state index in [-0.39, 0.29) is 22.9 Å². The van der Waals surface area contributed by atoms with Gasteiger partial charge in [-0.25, -0.2) is 13.1 Å². The predicted octanol–water partition coefficient (Wildman–Crippen LogP) is 2.31. The second-order valence-electron chi connectivity index (χ2n) is 8.57. The van der Waals surface area contributed by atoms with Gasteiger partial charge in [0, 0.05) is 24.8 Å². The van der Waals surface area contributed by atoms with Gasteiger partial charge in [-0.05, 0) is 80.5 Å². The molecule has 0 spiro atoms. The summed E-state index contributed by atoms with van der Waals surface area (Å²) in [5.74, 6) is 2.21. The van der Waals surface area contributed by atoms with E-state index < -0.39 is 10.0 Å². The normalized spacial score (nSPS) is 31.8. The van der Waals surface area contributed by atoms with E-state index in [1.165, 1.54) is 38.5 Å².